The molecule has 24 heavy (non-hydrogen) atoms. The first kappa shape index (κ1) is 20.8. The SMILES string of the molecule is CCCCCc1cc(CNC(C)(O)O)c(O)c(CNC(C)(O)O)c1. The first-order chi connectivity index (χ1) is 11.0. The molecule has 1 rings (SSSR count). The number of hydrogen-bond acceptors (Lipinski definition) is 7. The lowest BCUT2D eigenvalue weighted by molar-refractivity contribution is -0.171. The topological polar surface area (TPSA) is 125 Å². The molecule has 0 spiro atoms. The molecule has 0 fully saturated rings. The molecule has 0 aliphatic carbocycles. The van der Waals surface area contributed by atoms with Gasteiger partial charge in [0.2, 0.25) is 11.8 Å². The van der Waals surface area contributed by atoms with Crippen LogP contribution in [-0.4, -0.2) is 37.4 Å². The summed E-state index contributed by atoms with van der Waals surface area (Å²) in [4.78, 5) is 0. The Bertz CT molecular complexity index is 482. The van der Waals surface area contributed by atoms with E-state index in [4.69, 9.17) is 0 Å². The maximum atomic E-state index is 10.4. The molecule has 7 nitrogen and oxygen atoms in total. The standard InChI is InChI=1S/C17H30N2O5/c1-4-5-6-7-12-8-13(10-18-16(2,21)22)15(20)14(9-12)11-19-17(3,23)24/h8-9,18-24H,4-7,10-11H2,1-3H3. The second kappa shape index (κ2) is 8.75. The Labute approximate surface area is 143 Å². The van der Waals surface area contributed by atoms with Gasteiger partial charge in [-0.3, -0.25) is 10.6 Å². The van der Waals surface area contributed by atoms with Gasteiger partial charge in [0.1, 0.15) is 5.75 Å². The summed E-state index contributed by atoms with van der Waals surface area (Å²) in [6.07, 6.45) is 4.04. The summed E-state index contributed by atoms with van der Waals surface area (Å²) in [6.45, 7) is 4.65. The average Bonchev–Trinajstić information content (AvgIpc) is 2.44. The van der Waals surface area contributed by atoms with E-state index >= 15 is 0 Å². The largest absolute Gasteiger partial charge is 0.507 e. The fourth-order valence-electron chi connectivity index (χ4n) is 2.35. The third kappa shape index (κ3) is 8.05. The van der Waals surface area contributed by atoms with Crippen LogP contribution < -0.4 is 10.6 Å². The van der Waals surface area contributed by atoms with E-state index in [0.29, 0.717) is 11.1 Å². The first-order valence-corrected chi connectivity index (χ1v) is 8.25. The van der Waals surface area contributed by atoms with Gasteiger partial charge in [0.05, 0.1) is 0 Å². The highest BCUT2D eigenvalue weighted by atomic mass is 16.5. The second-order valence-corrected chi connectivity index (χ2v) is 6.47. The van der Waals surface area contributed by atoms with Gasteiger partial charge in [0, 0.05) is 38.1 Å². The van der Waals surface area contributed by atoms with Crippen LogP contribution in [0, 0.1) is 0 Å². The molecule has 138 valence electrons. The third-order valence-electron chi connectivity index (χ3n) is 3.62. The lowest BCUT2D eigenvalue weighted by atomic mass is 9.99. The molecule has 1 aromatic carbocycles. The highest BCUT2D eigenvalue weighted by Crippen LogP contribution is 2.26. The van der Waals surface area contributed by atoms with Crippen molar-refractivity contribution in [2.45, 2.75) is 71.4 Å². The van der Waals surface area contributed by atoms with Crippen molar-refractivity contribution in [1.82, 2.24) is 10.6 Å². The van der Waals surface area contributed by atoms with Crippen molar-refractivity contribution in [3.63, 3.8) is 0 Å². The van der Waals surface area contributed by atoms with Crippen molar-refractivity contribution in [1.29, 1.82) is 0 Å². The Hall–Kier alpha value is -1.22. The number of aliphatic hydroxyl groups is 4. The molecule has 0 aliphatic rings. The van der Waals surface area contributed by atoms with Crippen LogP contribution in [0.25, 0.3) is 0 Å². The number of rotatable bonds is 10. The van der Waals surface area contributed by atoms with Crippen LogP contribution in [0.2, 0.25) is 0 Å². The van der Waals surface area contributed by atoms with Gasteiger partial charge in [-0.15, -0.1) is 0 Å². The highest BCUT2D eigenvalue weighted by molar-refractivity contribution is 5.44. The van der Waals surface area contributed by atoms with Crippen molar-refractivity contribution in [2.75, 3.05) is 0 Å². The molecular formula is C17H30N2O5. The Balaban J connectivity index is 2.99. The van der Waals surface area contributed by atoms with Crippen LogP contribution in [0.5, 0.6) is 5.75 Å². The summed E-state index contributed by atoms with van der Waals surface area (Å²) < 4.78 is 0. The molecule has 1 aromatic rings. The normalized spacial score (nSPS) is 12.6. The Morgan fingerprint density at radius 3 is 1.71 bits per heavy atom. The summed E-state index contributed by atoms with van der Waals surface area (Å²) in [5.74, 6) is -4.10. The second-order valence-electron chi connectivity index (χ2n) is 6.47. The monoisotopic (exact) mass is 342 g/mol. The van der Waals surface area contributed by atoms with Crippen molar-refractivity contribution >= 4 is 0 Å². The van der Waals surface area contributed by atoms with Gasteiger partial charge >= 0.3 is 0 Å². The number of benzene rings is 1. The zero-order chi connectivity index (χ0) is 18.4. The Kier molecular flexibility index (Phi) is 7.59. The molecule has 0 aromatic heterocycles. The molecule has 0 heterocycles. The molecule has 0 aliphatic heterocycles. The minimum Gasteiger partial charge on any atom is -0.507 e. The third-order valence-corrected chi connectivity index (χ3v) is 3.62. The average molecular weight is 342 g/mol. The molecule has 0 radical (unpaired) electrons. The van der Waals surface area contributed by atoms with Crippen LogP contribution in [0.15, 0.2) is 12.1 Å². The molecule has 7 heteroatoms. The van der Waals surface area contributed by atoms with E-state index < -0.39 is 11.8 Å². The van der Waals surface area contributed by atoms with Crippen LogP contribution in [0.4, 0.5) is 0 Å². The zero-order valence-corrected chi connectivity index (χ0v) is 14.6. The molecule has 0 unspecified atom stereocenters. The van der Waals surface area contributed by atoms with Crippen LogP contribution in [0.3, 0.4) is 0 Å². The minimum absolute atomic E-state index is 0.0114. The summed E-state index contributed by atoms with van der Waals surface area (Å²) in [5, 5.41) is 52.9. The number of phenolic OH excluding ortho intramolecular Hbond substituents is 1. The van der Waals surface area contributed by atoms with Crippen LogP contribution in [-0.2, 0) is 19.5 Å². The van der Waals surface area contributed by atoms with Gasteiger partial charge in [-0.1, -0.05) is 31.9 Å². The van der Waals surface area contributed by atoms with E-state index in [1.165, 1.54) is 13.8 Å². The molecule has 0 saturated carbocycles. The van der Waals surface area contributed by atoms with E-state index in [-0.39, 0.29) is 18.8 Å². The lowest BCUT2D eigenvalue weighted by Crippen LogP contribution is -2.41. The van der Waals surface area contributed by atoms with E-state index in [0.717, 1.165) is 31.2 Å². The smallest absolute Gasteiger partial charge is 0.219 e. The van der Waals surface area contributed by atoms with Gasteiger partial charge in [-0.25, -0.2) is 0 Å². The van der Waals surface area contributed by atoms with Crippen molar-refractivity contribution in [2.24, 2.45) is 0 Å². The molecule has 7 N–H and O–H groups in total. The predicted molar refractivity (Wildman–Crippen MR) is 90.7 cm³/mol. The van der Waals surface area contributed by atoms with Crippen molar-refractivity contribution in [3.8, 4) is 5.75 Å². The maximum Gasteiger partial charge on any atom is 0.219 e. The van der Waals surface area contributed by atoms with E-state index in [9.17, 15) is 25.5 Å². The minimum atomic E-state index is -2.04. The fraction of sp³-hybridized carbons (Fsp3) is 0.647. The lowest BCUT2D eigenvalue weighted by Gasteiger charge is -2.21. The molecular weight excluding hydrogens is 312 g/mol. The highest BCUT2D eigenvalue weighted by Gasteiger charge is 2.19. The van der Waals surface area contributed by atoms with Gasteiger partial charge in [-0.2, -0.15) is 0 Å². The predicted octanol–water partition coefficient (Wildman–Crippen LogP) is 0.621. The maximum absolute atomic E-state index is 10.4. The Morgan fingerprint density at radius 1 is 0.875 bits per heavy atom. The van der Waals surface area contributed by atoms with Crippen LogP contribution >= 0.6 is 0 Å². The number of aryl methyl sites for hydroxylation is 1. The number of unbranched alkanes of at least 4 members (excludes halogenated alkanes) is 2. The molecule has 0 bridgehead atoms. The number of nitrogens with one attached hydrogen (secondary N) is 2. The van der Waals surface area contributed by atoms with Gasteiger partial charge < -0.3 is 25.5 Å². The molecule has 0 amide bonds. The number of aromatic hydroxyl groups is 1. The van der Waals surface area contributed by atoms with Crippen LogP contribution in [0.1, 0.15) is 56.7 Å². The van der Waals surface area contributed by atoms with E-state index in [2.05, 4.69) is 17.6 Å². The van der Waals surface area contributed by atoms with Gasteiger partial charge in [0.25, 0.3) is 0 Å². The molecule has 0 atom stereocenters. The number of phenols is 1. The van der Waals surface area contributed by atoms with Gasteiger partial charge in [-0.05, 0) is 18.4 Å². The fourth-order valence-corrected chi connectivity index (χ4v) is 2.35. The zero-order valence-electron chi connectivity index (χ0n) is 14.6. The van der Waals surface area contributed by atoms with Gasteiger partial charge in [0.15, 0.2) is 0 Å². The van der Waals surface area contributed by atoms with E-state index in [1.807, 2.05) is 12.1 Å². The summed E-state index contributed by atoms with van der Waals surface area (Å²) in [7, 11) is 0. The van der Waals surface area contributed by atoms with Crippen molar-refractivity contribution < 1.29 is 25.5 Å². The number of hydrogen-bond donors (Lipinski definition) is 7. The summed E-state index contributed by atoms with van der Waals surface area (Å²) in [6, 6.07) is 3.65. The summed E-state index contributed by atoms with van der Waals surface area (Å²) >= 11 is 0. The first-order valence-electron chi connectivity index (χ1n) is 8.25. The summed E-state index contributed by atoms with van der Waals surface area (Å²) in [5.41, 5.74) is 2.05. The quantitative estimate of drug-likeness (QED) is 0.245. The molecule has 0 saturated heterocycles. The Morgan fingerprint density at radius 2 is 1.33 bits per heavy atom. The van der Waals surface area contributed by atoms with E-state index in [1.54, 1.807) is 0 Å². The van der Waals surface area contributed by atoms with Crippen molar-refractivity contribution in [3.05, 3.63) is 28.8 Å².